The van der Waals surface area contributed by atoms with Crippen LogP contribution in [0.5, 0.6) is 5.75 Å². The van der Waals surface area contributed by atoms with Gasteiger partial charge in [-0.1, -0.05) is 0 Å². The first-order valence-electron chi connectivity index (χ1n) is 9.70. The molecule has 152 valence electrons. The van der Waals surface area contributed by atoms with Crippen molar-refractivity contribution in [1.82, 2.24) is 15.5 Å². The van der Waals surface area contributed by atoms with E-state index in [-0.39, 0.29) is 11.9 Å². The Bertz CT molecular complexity index is 572. The van der Waals surface area contributed by atoms with Gasteiger partial charge in [-0.25, -0.2) is 4.39 Å². The molecule has 0 spiro atoms. The maximum absolute atomic E-state index is 12.9. The second kappa shape index (κ2) is 11.1. The van der Waals surface area contributed by atoms with Gasteiger partial charge in [0.25, 0.3) is 0 Å². The van der Waals surface area contributed by atoms with Crippen molar-refractivity contribution in [3.63, 3.8) is 0 Å². The highest BCUT2D eigenvalue weighted by molar-refractivity contribution is 5.79. The molecular weight excluding hydrogens is 347 g/mol. The second-order valence-corrected chi connectivity index (χ2v) is 7.13. The van der Waals surface area contributed by atoms with E-state index in [4.69, 9.17) is 9.47 Å². The molecule has 2 rings (SSSR count). The topological polar surface area (TPSA) is 58.1 Å². The average Bonchev–Trinajstić information content (AvgIpc) is 2.62. The molecule has 0 saturated carbocycles. The molecule has 0 radical (unpaired) electrons. The molecule has 0 amide bonds. The second-order valence-electron chi connectivity index (χ2n) is 7.13. The summed E-state index contributed by atoms with van der Waals surface area (Å²) in [4.78, 5) is 6.70. The monoisotopic (exact) mass is 380 g/mol. The molecular formula is C20H33FN4O2. The minimum Gasteiger partial charge on any atom is -0.489 e. The Labute approximate surface area is 162 Å². The first kappa shape index (κ1) is 21.4. The van der Waals surface area contributed by atoms with E-state index in [1.807, 2.05) is 6.92 Å². The molecule has 0 aromatic heterocycles. The van der Waals surface area contributed by atoms with Crippen molar-refractivity contribution in [2.24, 2.45) is 4.99 Å². The van der Waals surface area contributed by atoms with Gasteiger partial charge < -0.3 is 20.1 Å². The molecule has 0 bridgehead atoms. The van der Waals surface area contributed by atoms with E-state index in [0.29, 0.717) is 24.5 Å². The average molecular weight is 381 g/mol. The zero-order valence-electron chi connectivity index (χ0n) is 16.9. The summed E-state index contributed by atoms with van der Waals surface area (Å²) in [6.45, 7) is 10.7. The maximum atomic E-state index is 12.9. The number of hydrogen-bond acceptors (Lipinski definition) is 4. The highest BCUT2D eigenvalue weighted by atomic mass is 19.1. The lowest BCUT2D eigenvalue weighted by Crippen LogP contribution is -2.46. The van der Waals surface area contributed by atoms with Gasteiger partial charge in [-0.3, -0.25) is 9.89 Å². The van der Waals surface area contributed by atoms with E-state index in [0.717, 1.165) is 38.6 Å². The molecule has 1 heterocycles. The number of rotatable bonds is 8. The summed E-state index contributed by atoms with van der Waals surface area (Å²) in [5.41, 5.74) is 0. The van der Waals surface area contributed by atoms with E-state index in [1.165, 1.54) is 12.1 Å². The molecule has 1 aromatic rings. The van der Waals surface area contributed by atoms with Crippen molar-refractivity contribution in [3.05, 3.63) is 30.1 Å². The Morgan fingerprint density at radius 3 is 2.56 bits per heavy atom. The van der Waals surface area contributed by atoms with Crippen LogP contribution in [0.4, 0.5) is 4.39 Å². The van der Waals surface area contributed by atoms with E-state index in [9.17, 15) is 4.39 Å². The minimum atomic E-state index is -0.265. The van der Waals surface area contributed by atoms with Crippen LogP contribution in [-0.2, 0) is 4.74 Å². The highest BCUT2D eigenvalue weighted by Gasteiger charge is 2.21. The van der Waals surface area contributed by atoms with E-state index in [2.05, 4.69) is 34.4 Å². The van der Waals surface area contributed by atoms with Crippen LogP contribution in [0.2, 0.25) is 0 Å². The van der Waals surface area contributed by atoms with Gasteiger partial charge in [0.1, 0.15) is 17.7 Å². The number of ether oxygens (including phenoxy) is 2. The van der Waals surface area contributed by atoms with Gasteiger partial charge in [0, 0.05) is 33.2 Å². The Morgan fingerprint density at radius 2 is 1.93 bits per heavy atom. The van der Waals surface area contributed by atoms with E-state index >= 15 is 0 Å². The summed E-state index contributed by atoms with van der Waals surface area (Å²) >= 11 is 0. The van der Waals surface area contributed by atoms with Crippen LogP contribution in [0, 0.1) is 5.82 Å². The molecule has 2 N–H and O–H groups in total. The van der Waals surface area contributed by atoms with Crippen molar-refractivity contribution < 1.29 is 13.9 Å². The molecule has 27 heavy (non-hydrogen) atoms. The predicted molar refractivity (Wildman–Crippen MR) is 107 cm³/mol. The maximum Gasteiger partial charge on any atom is 0.191 e. The van der Waals surface area contributed by atoms with Crippen LogP contribution in [0.1, 0.15) is 27.2 Å². The Balaban J connectivity index is 1.61. The molecule has 0 aliphatic carbocycles. The lowest BCUT2D eigenvalue weighted by Gasteiger charge is -2.35. The number of guanidine groups is 1. The van der Waals surface area contributed by atoms with E-state index < -0.39 is 0 Å². The summed E-state index contributed by atoms with van der Waals surface area (Å²) in [5.74, 6) is 1.15. The summed E-state index contributed by atoms with van der Waals surface area (Å²) in [7, 11) is 1.76. The fourth-order valence-corrected chi connectivity index (χ4v) is 3.22. The molecule has 1 aromatic carbocycles. The fourth-order valence-electron chi connectivity index (χ4n) is 3.22. The van der Waals surface area contributed by atoms with Crippen LogP contribution in [-0.4, -0.2) is 68.9 Å². The molecule has 1 aliphatic rings. The van der Waals surface area contributed by atoms with Gasteiger partial charge >= 0.3 is 0 Å². The summed E-state index contributed by atoms with van der Waals surface area (Å²) in [6, 6.07) is 6.05. The van der Waals surface area contributed by atoms with Crippen molar-refractivity contribution in [2.45, 2.75) is 45.5 Å². The zero-order chi connectivity index (χ0) is 19.6. The van der Waals surface area contributed by atoms with Crippen molar-refractivity contribution >= 4 is 5.96 Å². The van der Waals surface area contributed by atoms with Gasteiger partial charge in [0.2, 0.25) is 0 Å². The lowest BCUT2D eigenvalue weighted by molar-refractivity contribution is -0.0679. The SMILES string of the molecule is CN=C(NCCCN1CC(C)OC(C)C1)NCC(C)Oc1ccc(F)cc1. The van der Waals surface area contributed by atoms with Crippen LogP contribution >= 0.6 is 0 Å². The third kappa shape index (κ3) is 8.13. The number of morpholine rings is 1. The molecule has 6 nitrogen and oxygen atoms in total. The number of nitrogens with one attached hydrogen (secondary N) is 2. The van der Waals surface area contributed by atoms with Gasteiger partial charge in [0.05, 0.1) is 18.8 Å². The van der Waals surface area contributed by atoms with Crippen molar-refractivity contribution in [3.8, 4) is 5.75 Å². The Morgan fingerprint density at radius 1 is 1.26 bits per heavy atom. The number of aliphatic imine (C=N–C) groups is 1. The smallest absolute Gasteiger partial charge is 0.191 e. The predicted octanol–water partition coefficient (Wildman–Crippen LogP) is 2.26. The molecule has 1 aliphatic heterocycles. The van der Waals surface area contributed by atoms with E-state index in [1.54, 1.807) is 19.2 Å². The molecule has 3 unspecified atom stereocenters. The first-order chi connectivity index (χ1) is 13.0. The van der Waals surface area contributed by atoms with Crippen LogP contribution in [0.25, 0.3) is 0 Å². The Kier molecular flexibility index (Phi) is 8.81. The number of benzene rings is 1. The zero-order valence-corrected chi connectivity index (χ0v) is 16.9. The largest absolute Gasteiger partial charge is 0.489 e. The quantitative estimate of drug-likeness (QED) is 0.412. The first-order valence-corrected chi connectivity index (χ1v) is 9.70. The molecule has 1 fully saturated rings. The van der Waals surface area contributed by atoms with Gasteiger partial charge in [-0.15, -0.1) is 0 Å². The lowest BCUT2D eigenvalue weighted by atomic mass is 10.2. The number of hydrogen-bond donors (Lipinski definition) is 2. The minimum absolute atomic E-state index is 0.0645. The standard InChI is InChI=1S/C20H33FN4O2/c1-15(27-19-8-6-18(21)7-9-19)12-24-20(22-4)23-10-5-11-25-13-16(2)26-17(3)14-25/h6-9,15-17H,5,10-14H2,1-4H3,(H2,22,23,24). The Hall–Kier alpha value is -1.86. The third-order valence-electron chi connectivity index (χ3n) is 4.37. The number of nitrogens with zero attached hydrogens (tertiary/aromatic N) is 2. The summed E-state index contributed by atoms with van der Waals surface area (Å²) in [6.07, 6.45) is 1.59. The van der Waals surface area contributed by atoms with Crippen LogP contribution < -0.4 is 15.4 Å². The molecule has 7 heteroatoms. The fraction of sp³-hybridized carbons (Fsp3) is 0.650. The highest BCUT2D eigenvalue weighted by Crippen LogP contribution is 2.13. The third-order valence-corrected chi connectivity index (χ3v) is 4.37. The molecule has 3 atom stereocenters. The summed E-state index contributed by atoms with van der Waals surface area (Å²) < 4.78 is 24.5. The van der Waals surface area contributed by atoms with Gasteiger partial charge in [0.15, 0.2) is 5.96 Å². The van der Waals surface area contributed by atoms with Crippen LogP contribution in [0.15, 0.2) is 29.3 Å². The van der Waals surface area contributed by atoms with Gasteiger partial charge in [-0.2, -0.15) is 0 Å². The van der Waals surface area contributed by atoms with Gasteiger partial charge in [-0.05, 0) is 51.5 Å². The van der Waals surface area contributed by atoms with Crippen molar-refractivity contribution in [2.75, 3.05) is 39.8 Å². The number of halogens is 1. The summed E-state index contributed by atoms with van der Waals surface area (Å²) in [5, 5.41) is 6.59. The molecule has 1 saturated heterocycles. The van der Waals surface area contributed by atoms with Crippen LogP contribution in [0.3, 0.4) is 0 Å². The normalized spacial score (nSPS) is 22.3. The van der Waals surface area contributed by atoms with Crippen molar-refractivity contribution in [1.29, 1.82) is 0 Å².